The second-order valence-electron chi connectivity index (χ2n) is 11.8. The maximum Gasteiger partial charge on any atom is 0.264 e. The Morgan fingerprint density at radius 2 is 1.42 bits per heavy atom. The van der Waals surface area contributed by atoms with Crippen molar-refractivity contribution < 1.29 is 18.0 Å². The van der Waals surface area contributed by atoms with E-state index in [1.165, 1.54) is 29.2 Å². The van der Waals surface area contributed by atoms with Crippen molar-refractivity contribution in [1.29, 1.82) is 0 Å². The van der Waals surface area contributed by atoms with E-state index in [1.807, 2.05) is 57.2 Å². The van der Waals surface area contributed by atoms with Gasteiger partial charge in [0.05, 0.1) is 10.6 Å². The van der Waals surface area contributed by atoms with Crippen LogP contribution in [0.25, 0.3) is 0 Å². The smallest absolute Gasteiger partial charge is 0.264 e. The summed E-state index contributed by atoms with van der Waals surface area (Å²) in [6, 6.07) is 28.2. The predicted octanol–water partition coefficient (Wildman–Crippen LogP) is 7.05. The molecule has 0 saturated carbocycles. The van der Waals surface area contributed by atoms with Crippen LogP contribution in [0.3, 0.4) is 0 Å². The van der Waals surface area contributed by atoms with Crippen LogP contribution in [0.15, 0.2) is 108 Å². The van der Waals surface area contributed by atoms with Crippen molar-refractivity contribution >= 4 is 50.7 Å². The monoisotopic (exact) mass is 665 g/mol. The number of carbonyl (C=O) groups excluding carboxylic acids is 2. The molecule has 0 unspecified atom stereocenters. The molecule has 4 aromatic rings. The lowest BCUT2D eigenvalue weighted by Gasteiger charge is -2.35. The van der Waals surface area contributed by atoms with Crippen LogP contribution in [-0.2, 0) is 32.6 Å². The maximum absolute atomic E-state index is 14.5. The second kappa shape index (κ2) is 14.5. The van der Waals surface area contributed by atoms with Gasteiger partial charge in [0.25, 0.3) is 10.0 Å². The summed E-state index contributed by atoms with van der Waals surface area (Å²) in [5.41, 5.74) is 1.97. The first-order chi connectivity index (χ1) is 21.2. The average molecular weight is 667 g/mol. The van der Waals surface area contributed by atoms with Gasteiger partial charge in [0.1, 0.15) is 12.6 Å². The normalized spacial score (nSPS) is 12.3. The fourth-order valence-corrected chi connectivity index (χ4v) is 6.75. The predicted molar refractivity (Wildman–Crippen MR) is 181 cm³/mol. The van der Waals surface area contributed by atoms with Gasteiger partial charge in [0, 0.05) is 28.5 Å². The van der Waals surface area contributed by atoms with Gasteiger partial charge in [-0.05, 0) is 86.8 Å². The first kappa shape index (κ1) is 34.0. The summed E-state index contributed by atoms with van der Waals surface area (Å²) >= 11 is 12.4. The van der Waals surface area contributed by atoms with E-state index < -0.39 is 34.1 Å². The molecule has 4 aromatic carbocycles. The fraction of sp³-hybridized carbons (Fsp3) is 0.257. The summed E-state index contributed by atoms with van der Waals surface area (Å²) in [4.78, 5) is 29.9. The number of halogens is 2. The summed E-state index contributed by atoms with van der Waals surface area (Å²) in [5.74, 6) is -0.912. The minimum Gasteiger partial charge on any atom is -0.350 e. The molecule has 4 rings (SSSR count). The SMILES string of the molecule is Cc1ccccc1N(CC(=O)N(Cc1cccc(Cl)c1)[C@H](Cc1ccccc1)C(=O)NC(C)(C)C)S(=O)(=O)c1ccc(Cl)cc1. The highest BCUT2D eigenvalue weighted by molar-refractivity contribution is 7.92. The van der Waals surface area contributed by atoms with Crippen LogP contribution in [0, 0.1) is 6.92 Å². The molecule has 0 heterocycles. The van der Waals surface area contributed by atoms with Crippen LogP contribution < -0.4 is 9.62 Å². The molecular weight excluding hydrogens is 629 g/mol. The summed E-state index contributed by atoms with van der Waals surface area (Å²) < 4.78 is 29.4. The molecule has 0 aliphatic heterocycles. The van der Waals surface area contributed by atoms with Gasteiger partial charge in [-0.25, -0.2) is 8.42 Å². The summed E-state index contributed by atoms with van der Waals surface area (Å²) in [6.07, 6.45) is 0.212. The first-order valence-corrected chi connectivity index (χ1v) is 16.7. The average Bonchev–Trinajstić information content (AvgIpc) is 2.98. The Balaban J connectivity index is 1.83. The molecule has 0 spiro atoms. The molecule has 45 heavy (non-hydrogen) atoms. The van der Waals surface area contributed by atoms with Crippen molar-refractivity contribution in [2.45, 2.75) is 57.1 Å². The van der Waals surface area contributed by atoms with Crippen LogP contribution in [0.5, 0.6) is 0 Å². The maximum atomic E-state index is 14.5. The molecule has 0 aliphatic carbocycles. The molecule has 0 aromatic heterocycles. The molecule has 0 fully saturated rings. The van der Waals surface area contributed by atoms with E-state index in [4.69, 9.17) is 23.2 Å². The Kier molecular flexibility index (Phi) is 11.0. The number of nitrogens with zero attached hydrogens (tertiary/aromatic N) is 2. The number of nitrogens with one attached hydrogen (secondary N) is 1. The number of sulfonamides is 1. The fourth-order valence-electron chi connectivity index (χ4n) is 4.93. The third-order valence-electron chi connectivity index (χ3n) is 7.08. The Hall–Kier alpha value is -3.85. The Morgan fingerprint density at radius 3 is 2.04 bits per heavy atom. The molecule has 0 saturated heterocycles. The van der Waals surface area contributed by atoms with Gasteiger partial charge in [-0.2, -0.15) is 0 Å². The van der Waals surface area contributed by atoms with Crippen molar-refractivity contribution in [1.82, 2.24) is 10.2 Å². The van der Waals surface area contributed by atoms with Gasteiger partial charge >= 0.3 is 0 Å². The Labute approximate surface area is 275 Å². The Morgan fingerprint density at radius 1 is 0.800 bits per heavy atom. The van der Waals surface area contributed by atoms with E-state index in [0.717, 1.165) is 9.87 Å². The van der Waals surface area contributed by atoms with Gasteiger partial charge in [-0.3, -0.25) is 13.9 Å². The van der Waals surface area contributed by atoms with E-state index in [9.17, 15) is 18.0 Å². The lowest BCUT2D eigenvalue weighted by atomic mass is 10.0. The zero-order valence-corrected chi connectivity index (χ0v) is 28.0. The van der Waals surface area contributed by atoms with Crippen molar-refractivity contribution in [2.75, 3.05) is 10.8 Å². The van der Waals surface area contributed by atoms with E-state index in [-0.39, 0.29) is 23.8 Å². The molecule has 2 amide bonds. The molecule has 7 nitrogen and oxygen atoms in total. The molecule has 10 heteroatoms. The zero-order valence-electron chi connectivity index (χ0n) is 25.7. The van der Waals surface area contributed by atoms with Crippen LogP contribution in [-0.4, -0.2) is 43.3 Å². The van der Waals surface area contributed by atoms with E-state index >= 15 is 0 Å². The Bertz CT molecular complexity index is 1740. The van der Waals surface area contributed by atoms with E-state index in [2.05, 4.69) is 5.32 Å². The highest BCUT2D eigenvalue weighted by atomic mass is 35.5. The van der Waals surface area contributed by atoms with E-state index in [0.29, 0.717) is 26.9 Å². The number of hydrogen-bond donors (Lipinski definition) is 1. The van der Waals surface area contributed by atoms with Gasteiger partial charge in [-0.1, -0.05) is 83.9 Å². The lowest BCUT2D eigenvalue weighted by Crippen LogP contribution is -2.56. The molecule has 1 atom stereocenters. The molecule has 236 valence electrons. The molecular formula is C35H37Cl2N3O4S. The van der Waals surface area contributed by atoms with Crippen LogP contribution >= 0.6 is 23.2 Å². The largest absolute Gasteiger partial charge is 0.350 e. The number of para-hydroxylation sites is 1. The van der Waals surface area contributed by atoms with Crippen molar-refractivity contribution in [3.63, 3.8) is 0 Å². The third-order valence-corrected chi connectivity index (χ3v) is 9.34. The number of amides is 2. The number of hydrogen-bond acceptors (Lipinski definition) is 4. The standard InChI is InChI=1S/C35H37Cl2N3O4S/c1-25-11-8-9-16-31(25)40(45(43,44)30-19-17-28(36)18-20-30)24-33(41)39(23-27-14-10-15-29(37)21-27)32(34(42)38-35(2,3)4)22-26-12-6-5-7-13-26/h5-21,32H,22-24H2,1-4H3,(H,38,42)/t32-/m1/s1. The van der Waals surface area contributed by atoms with Gasteiger partial charge in [-0.15, -0.1) is 0 Å². The molecule has 1 N–H and O–H groups in total. The summed E-state index contributed by atoms with van der Waals surface area (Å²) in [7, 11) is -4.23. The minimum atomic E-state index is -4.23. The minimum absolute atomic E-state index is 0.0179. The zero-order chi connectivity index (χ0) is 32.8. The van der Waals surface area contributed by atoms with Crippen molar-refractivity contribution in [3.8, 4) is 0 Å². The first-order valence-electron chi connectivity index (χ1n) is 14.5. The highest BCUT2D eigenvalue weighted by Crippen LogP contribution is 2.28. The second-order valence-corrected chi connectivity index (χ2v) is 14.6. The topological polar surface area (TPSA) is 86.8 Å². The van der Waals surface area contributed by atoms with Crippen LogP contribution in [0.1, 0.15) is 37.5 Å². The number of rotatable bonds is 11. The van der Waals surface area contributed by atoms with Gasteiger partial charge in [0.15, 0.2) is 0 Å². The highest BCUT2D eigenvalue weighted by Gasteiger charge is 2.36. The van der Waals surface area contributed by atoms with Crippen LogP contribution in [0.4, 0.5) is 5.69 Å². The number of carbonyl (C=O) groups is 2. The summed E-state index contributed by atoms with van der Waals surface area (Å²) in [6.45, 7) is 6.86. The third kappa shape index (κ3) is 9.10. The van der Waals surface area contributed by atoms with Crippen molar-refractivity contribution in [2.24, 2.45) is 0 Å². The summed E-state index contributed by atoms with van der Waals surface area (Å²) in [5, 5.41) is 3.88. The van der Waals surface area contributed by atoms with Gasteiger partial charge in [0.2, 0.25) is 11.8 Å². The molecule has 0 aliphatic rings. The number of benzene rings is 4. The van der Waals surface area contributed by atoms with Gasteiger partial charge < -0.3 is 10.2 Å². The van der Waals surface area contributed by atoms with Crippen LogP contribution in [0.2, 0.25) is 10.0 Å². The quantitative estimate of drug-likeness (QED) is 0.186. The molecule has 0 radical (unpaired) electrons. The van der Waals surface area contributed by atoms with E-state index in [1.54, 1.807) is 49.4 Å². The lowest BCUT2D eigenvalue weighted by molar-refractivity contribution is -0.140. The molecule has 0 bridgehead atoms. The number of aryl methyl sites for hydroxylation is 1. The van der Waals surface area contributed by atoms with Crippen molar-refractivity contribution in [3.05, 3.63) is 130 Å². The number of anilines is 1.